The molecular weight excluding hydrogens is 294 g/mol. The Bertz CT molecular complexity index is 764. The van der Waals surface area contributed by atoms with Gasteiger partial charge in [-0.2, -0.15) is 0 Å². The molecule has 1 atom stereocenters. The Morgan fingerprint density at radius 3 is 2.91 bits per heavy atom. The maximum absolute atomic E-state index is 11.9. The monoisotopic (exact) mass is 313 g/mol. The predicted molar refractivity (Wildman–Crippen MR) is 87.0 cm³/mol. The third kappa shape index (κ3) is 3.73. The Kier molecular flexibility index (Phi) is 4.63. The summed E-state index contributed by atoms with van der Waals surface area (Å²) in [4.78, 5) is 15.1. The summed E-state index contributed by atoms with van der Waals surface area (Å²) in [6.07, 6.45) is 4.02. The van der Waals surface area contributed by atoms with Crippen molar-refractivity contribution in [3.05, 3.63) is 60.2 Å². The van der Waals surface area contributed by atoms with Gasteiger partial charge in [-0.15, -0.1) is 0 Å². The van der Waals surface area contributed by atoms with Gasteiger partial charge >= 0.3 is 6.03 Å². The fraction of sp³-hybridized carbons (Fsp3) is 0.235. The number of para-hydroxylation sites is 1. The van der Waals surface area contributed by atoms with E-state index in [4.69, 9.17) is 4.42 Å². The maximum Gasteiger partial charge on any atom is 0.315 e. The molecule has 0 fully saturated rings. The molecule has 2 heterocycles. The smallest absolute Gasteiger partial charge is 0.315 e. The summed E-state index contributed by atoms with van der Waals surface area (Å²) < 4.78 is 5.15. The van der Waals surface area contributed by atoms with Crippen LogP contribution in [0.5, 0.6) is 0 Å². The highest BCUT2D eigenvalue weighted by molar-refractivity contribution is 5.83. The summed E-state index contributed by atoms with van der Waals surface area (Å²) >= 11 is 0. The van der Waals surface area contributed by atoms with Crippen LogP contribution in [0.3, 0.4) is 0 Å². The number of aromatic amines is 1. The first-order valence-electron chi connectivity index (χ1n) is 7.49. The summed E-state index contributed by atoms with van der Waals surface area (Å²) in [5, 5.41) is 16.1. The first-order valence-corrected chi connectivity index (χ1v) is 7.49. The fourth-order valence-electron chi connectivity index (χ4n) is 2.54. The molecule has 1 aromatic carbocycles. The fourth-order valence-corrected chi connectivity index (χ4v) is 2.54. The number of amides is 2. The minimum atomic E-state index is -0.356. The van der Waals surface area contributed by atoms with Crippen LogP contribution in [0, 0.1) is 0 Å². The van der Waals surface area contributed by atoms with E-state index in [0.29, 0.717) is 18.7 Å². The van der Waals surface area contributed by atoms with Crippen molar-refractivity contribution in [3.63, 3.8) is 0 Å². The Morgan fingerprint density at radius 1 is 1.26 bits per heavy atom. The van der Waals surface area contributed by atoms with Crippen molar-refractivity contribution in [1.29, 1.82) is 0 Å². The van der Waals surface area contributed by atoms with Crippen LogP contribution in [0.15, 0.2) is 53.3 Å². The zero-order chi connectivity index (χ0) is 16.1. The van der Waals surface area contributed by atoms with Crippen LogP contribution in [0.2, 0.25) is 0 Å². The van der Waals surface area contributed by atoms with Gasteiger partial charge < -0.3 is 25.1 Å². The molecule has 120 valence electrons. The molecule has 0 saturated heterocycles. The molecule has 0 saturated carbocycles. The standard InChI is InChI=1S/C17H19N3O3/c21-11-13(20-17(22)19-10-14-4-3-7-23-14)8-12-9-18-16-6-2-1-5-15(12)16/h1-7,9,13,18,21H,8,10-11H2,(H2,19,20,22)/t13-/m1/s1. The van der Waals surface area contributed by atoms with Crippen LogP contribution in [-0.4, -0.2) is 28.8 Å². The van der Waals surface area contributed by atoms with Crippen LogP contribution >= 0.6 is 0 Å². The van der Waals surface area contributed by atoms with Crippen molar-refractivity contribution in [2.24, 2.45) is 0 Å². The lowest BCUT2D eigenvalue weighted by atomic mass is 10.1. The van der Waals surface area contributed by atoms with Crippen molar-refractivity contribution in [1.82, 2.24) is 15.6 Å². The van der Waals surface area contributed by atoms with E-state index in [1.165, 1.54) is 0 Å². The lowest BCUT2D eigenvalue weighted by molar-refractivity contribution is 0.215. The number of fused-ring (bicyclic) bond motifs is 1. The van der Waals surface area contributed by atoms with Crippen LogP contribution in [0.4, 0.5) is 4.79 Å². The number of nitrogens with one attached hydrogen (secondary N) is 3. The van der Waals surface area contributed by atoms with Gasteiger partial charge in [0.15, 0.2) is 0 Å². The number of hydrogen-bond acceptors (Lipinski definition) is 3. The van der Waals surface area contributed by atoms with Gasteiger partial charge in [0.25, 0.3) is 0 Å². The average molecular weight is 313 g/mol. The second kappa shape index (κ2) is 7.02. The van der Waals surface area contributed by atoms with Crippen molar-refractivity contribution in [3.8, 4) is 0 Å². The maximum atomic E-state index is 11.9. The Labute approximate surface area is 133 Å². The molecule has 0 unspecified atom stereocenters. The van der Waals surface area contributed by atoms with Gasteiger partial charge in [0, 0.05) is 17.1 Å². The minimum absolute atomic E-state index is 0.131. The van der Waals surface area contributed by atoms with Gasteiger partial charge in [-0.3, -0.25) is 0 Å². The second-order valence-electron chi connectivity index (χ2n) is 5.35. The number of aromatic nitrogens is 1. The summed E-state index contributed by atoms with van der Waals surface area (Å²) in [5.41, 5.74) is 2.10. The lowest BCUT2D eigenvalue weighted by Crippen LogP contribution is -2.44. The molecule has 0 aliphatic heterocycles. The van der Waals surface area contributed by atoms with Gasteiger partial charge in [-0.25, -0.2) is 4.79 Å². The van der Waals surface area contributed by atoms with Crippen LogP contribution in [0.1, 0.15) is 11.3 Å². The third-order valence-electron chi connectivity index (χ3n) is 3.70. The molecule has 2 amide bonds. The number of hydrogen-bond donors (Lipinski definition) is 4. The summed E-state index contributed by atoms with van der Waals surface area (Å²) in [5.74, 6) is 0.678. The van der Waals surface area contributed by atoms with Crippen molar-refractivity contribution >= 4 is 16.9 Å². The number of carbonyl (C=O) groups excluding carboxylic acids is 1. The zero-order valence-electron chi connectivity index (χ0n) is 12.6. The number of rotatable bonds is 6. The molecule has 6 heteroatoms. The first-order chi connectivity index (χ1) is 11.3. The van der Waals surface area contributed by atoms with Gasteiger partial charge in [0.05, 0.1) is 25.5 Å². The number of urea groups is 1. The molecule has 23 heavy (non-hydrogen) atoms. The number of furan rings is 1. The average Bonchev–Trinajstić information content (AvgIpc) is 3.22. The Morgan fingerprint density at radius 2 is 2.13 bits per heavy atom. The Balaban J connectivity index is 1.58. The van der Waals surface area contributed by atoms with Crippen molar-refractivity contribution in [2.45, 2.75) is 19.0 Å². The van der Waals surface area contributed by atoms with E-state index < -0.39 is 0 Å². The molecule has 6 nitrogen and oxygen atoms in total. The first kappa shape index (κ1) is 15.2. The van der Waals surface area contributed by atoms with Crippen LogP contribution in [-0.2, 0) is 13.0 Å². The quantitative estimate of drug-likeness (QED) is 0.562. The molecule has 0 aliphatic rings. The molecule has 2 aromatic heterocycles. The molecule has 0 bridgehead atoms. The van der Waals surface area contributed by atoms with E-state index in [1.807, 2.05) is 30.5 Å². The van der Waals surface area contributed by atoms with Gasteiger partial charge in [0.2, 0.25) is 0 Å². The predicted octanol–water partition coefficient (Wildman–Crippen LogP) is 2.16. The van der Waals surface area contributed by atoms with E-state index in [-0.39, 0.29) is 18.7 Å². The SMILES string of the molecule is O=C(NCc1ccco1)N[C@@H](CO)Cc1c[nH]c2ccccc12. The second-order valence-corrected chi connectivity index (χ2v) is 5.35. The van der Waals surface area contributed by atoms with Crippen LogP contribution in [0.25, 0.3) is 10.9 Å². The highest BCUT2D eigenvalue weighted by Crippen LogP contribution is 2.18. The molecule has 0 spiro atoms. The minimum Gasteiger partial charge on any atom is -0.467 e. The topological polar surface area (TPSA) is 90.3 Å². The van der Waals surface area contributed by atoms with E-state index in [1.54, 1.807) is 18.4 Å². The molecule has 3 rings (SSSR count). The largest absolute Gasteiger partial charge is 0.467 e. The summed E-state index contributed by atoms with van der Waals surface area (Å²) in [6, 6.07) is 10.8. The van der Waals surface area contributed by atoms with Crippen molar-refractivity contribution in [2.75, 3.05) is 6.61 Å². The highest BCUT2D eigenvalue weighted by Gasteiger charge is 2.14. The highest BCUT2D eigenvalue weighted by atomic mass is 16.3. The number of H-pyrrole nitrogens is 1. The number of aliphatic hydroxyl groups is 1. The van der Waals surface area contributed by atoms with Gasteiger partial charge in [0.1, 0.15) is 5.76 Å². The van der Waals surface area contributed by atoms with Crippen molar-refractivity contribution < 1.29 is 14.3 Å². The molecule has 4 N–H and O–H groups in total. The third-order valence-corrected chi connectivity index (χ3v) is 3.70. The zero-order valence-corrected chi connectivity index (χ0v) is 12.6. The molecule has 0 aliphatic carbocycles. The van der Waals surface area contributed by atoms with Crippen LogP contribution < -0.4 is 10.6 Å². The van der Waals surface area contributed by atoms with E-state index in [9.17, 15) is 9.90 Å². The van der Waals surface area contributed by atoms with Gasteiger partial charge in [-0.1, -0.05) is 18.2 Å². The van der Waals surface area contributed by atoms with E-state index in [2.05, 4.69) is 15.6 Å². The number of carbonyl (C=O) groups is 1. The van der Waals surface area contributed by atoms with E-state index in [0.717, 1.165) is 16.5 Å². The number of benzene rings is 1. The number of aliphatic hydroxyl groups excluding tert-OH is 1. The Hall–Kier alpha value is -2.73. The van der Waals surface area contributed by atoms with Gasteiger partial charge in [-0.05, 0) is 30.2 Å². The molecule has 3 aromatic rings. The summed E-state index contributed by atoms with van der Waals surface area (Å²) in [6.45, 7) is 0.178. The molecule has 0 radical (unpaired) electrons. The normalized spacial score (nSPS) is 12.2. The molecular formula is C17H19N3O3. The lowest BCUT2D eigenvalue weighted by Gasteiger charge is -2.16. The summed E-state index contributed by atoms with van der Waals surface area (Å²) in [7, 11) is 0. The van der Waals surface area contributed by atoms with E-state index >= 15 is 0 Å².